The lowest BCUT2D eigenvalue weighted by atomic mass is 10.1. The molecule has 1 N–H and O–H groups in total. The SMILES string of the molecule is CCN(CC)c1cc(Nc2cccc(C(C)=O)c2)ncn1. The zero-order valence-corrected chi connectivity index (χ0v) is 12.6. The zero-order valence-electron chi connectivity index (χ0n) is 12.6. The Labute approximate surface area is 125 Å². The Balaban J connectivity index is 2.22. The van der Waals surface area contributed by atoms with Gasteiger partial charge in [0.25, 0.3) is 0 Å². The third-order valence-corrected chi connectivity index (χ3v) is 3.28. The summed E-state index contributed by atoms with van der Waals surface area (Å²) in [5.41, 5.74) is 1.52. The van der Waals surface area contributed by atoms with E-state index in [0.717, 1.165) is 24.6 Å². The number of ketones is 1. The first-order valence-electron chi connectivity index (χ1n) is 7.09. The molecule has 0 unspecified atom stereocenters. The highest BCUT2D eigenvalue weighted by atomic mass is 16.1. The molecule has 0 fully saturated rings. The monoisotopic (exact) mass is 284 g/mol. The molecular formula is C16H20N4O. The first-order chi connectivity index (χ1) is 10.1. The lowest BCUT2D eigenvalue weighted by Crippen LogP contribution is -2.23. The molecule has 2 aromatic rings. The fourth-order valence-electron chi connectivity index (χ4n) is 2.10. The van der Waals surface area contributed by atoms with Crippen LogP contribution in [0.4, 0.5) is 17.3 Å². The van der Waals surface area contributed by atoms with E-state index < -0.39 is 0 Å². The number of nitrogens with zero attached hydrogens (tertiary/aromatic N) is 3. The number of carbonyl (C=O) groups is 1. The first kappa shape index (κ1) is 15.0. The molecule has 5 nitrogen and oxygen atoms in total. The van der Waals surface area contributed by atoms with E-state index in [1.807, 2.05) is 24.3 Å². The van der Waals surface area contributed by atoms with Crippen LogP contribution in [0, 0.1) is 0 Å². The summed E-state index contributed by atoms with van der Waals surface area (Å²) in [5, 5.41) is 3.21. The van der Waals surface area contributed by atoms with Gasteiger partial charge < -0.3 is 10.2 Å². The average molecular weight is 284 g/mol. The first-order valence-corrected chi connectivity index (χ1v) is 7.09. The highest BCUT2D eigenvalue weighted by molar-refractivity contribution is 5.95. The van der Waals surface area contributed by atoms with Crippen LogP contribution in [0.5, 0.6) is 0 Å². The lowest BCUT2D eigenvalue weighted by molar-refractivity contribution is 0.101. The number of Topliss-reactive ketones (excluding diaryl/α,β-unsaturated/α-hetero) is 1. The zero-order chi connectivity index (χ0) is 15.2. The molecule has 0 aliphatic carbocycles. The van der Waals surface area contributed by atoms with Gasteiger partial charge in [0, 0.05) is 30.4 Å². The van der Waals surface area contributed by atoms with Crippen LogP contribution in [-0.4, -0.2) is 28.8 Å². The molecule has 0 radical (unpaired) electrons. The van der Waals surface area contributed by atoms with Crippen LogP contribution in [0.2, 0.25) is 0 Å². The molecule has 2 rings (SSSR count). The average Bonchev–Trinajstić information content (AvgIpc) is 2.49. The number of hydrogen-bond donors (Lipinski definition) is 1. The molecule has 0 atom stereocenters. The van der Waals surface area contributed by atoms with Gasteiger partial charge in [-0.3, -0.25) is 4.79 Å². The standard InChI is InChI=1S/C16H20N4O/c1-4-20(5-2)16-10-15(17-11-18-16)19-14-8-6-7-13(9-14)12(3)21/h6-11H,4-5H2,1-3H3,(H,17,18,19). The summed E-state index contributed by atoms with van der Waals surface area (Å²) < 4.78 is 0. The smallest absolute Gasteiger partial charge is 0.159 e. The van der Waals surface area contributed by atoms with Crippen LogP contribution in [0.3, 0.4) is 0 Å². The van der Waals surface area contributed by atoms with Gasteiger partial charge in [-0.25, -0.2) is 9.97 Å². The lowest BCUT2D eigenvalue weighted by Gasteiger charge is -2.19. The van der Waals surface area contributed by atoms with Gasteiger partial charge in [-0.15, -0.1) is 0 Å². The third-order valence-electron chi connectivity index (χ3n) is 3.28. The molecule has 1 heterocycles. The molecule has 0 aliphatic heterocycles. The quantitative estimate of drug-likeness (QED) is 0.825. The summed E-state index contributed by atoms with van der Waals surface area (Å²) in [6, 6.07) is 9.29. The second-order valence-corrected chi connectivity index (χ2v) is 4.70. The summed E-state index contributed by atoms with van der Waals surface area (Å²) in [6.45, 7) is 7.53. The molecule has 1 aromatic heterocycles. The van der Waals surface area contributed by atoms with Crippen molar-refractivity contribution in [2.24, 2.45) is 0 Å². The summed E-state index contributed by atoms with van der Waals surface area (Å²) in [7, 11) is 0. The summed E-state index contributed by atoms with van der Waals surface area (Å²) in [5.74, 6) is 1.65. The van der Waals surface area contributed by atoms with Crippen molar-refractivity contribution in [3.05, 3.63) is 42.2 Å². The van der Waals surface area contributed by atoms with Crippen LogP contribution in [-0.2, 0) is 0 Å². The van der Waals surface area contributed by atoms with Crippen LogP contribution < -0.4 is 10.2 Å². The van der Waals surface area contributed by atoms with E-state index in [0.29, 0.717) is 11.4 Å². The summed E-state index contributed by atoms with van der Waals surface area (Å²) in [4.78, 5) is 22.1. The minimum Gasteiger partial charge on any atom is -0.357 e. The Bertz CT molecular complexity index is 623. The van der Waals surface area contributed by atoms with Gasteiger partial charge >= 0.3 is 0 Å². The molecule has 21 heavy (non-hydrogen) atoms. The summed E-state index contributed by atoms with van der Waals surface area (Å²) in [6.07, 6.45) is 1.55. The fraction of sp³-hybridized carbons (Fsp3) is 0.312. The highest BCUT2D eigenvalue weighted by Crippen LogP contribution is 2.19. The molecule has 5 heteroatoms. The van der Waals surface area contributed by atoms with Crippen LogP contribution in [0.1, 0.15) is 31.1 Å². The van der Waals surface area contributed by atoms with Crippen LogP contribution in [0.15, 0.2) is 36.7 Å². The van der Waals surface area contributed by atoms with Crippen LogP contribution >= 0.6 is 0 Å². The van der Waals surface area contributed by atoms with E-state index in [1.54, 1.807) is 19.3 Å². The largest absolute Gasteiger partial charge is 0.357 e. The molecule has 0 aliphatic rings. The van der Waals surface area contributed by atoms with Gasteiger partial charge in [0.1, 0.15) is 18.0 Å². The van der Waals surface area contributed by atoms with Gasteiger partial charge in [0.2, 0.25) is 0 Å². The number of anilines is 3. The van der Waals surface area contributed by atoms with Gasteiger partial charge in [-0.2, -0.15) is 0 Å². The number of nitrogens with one attached hydrogen (secondary N) is 1. The molecule has 0 bridgehead atoms. The normalized spacial score (nSPS) is 10.2. The number of rotatable bonds is 6. The van der Waals surface area contributed by atoms with Gasteiger partial charge in [0.15, 0.2) is 5.78 Å². The van der Waals surface area contributed by atoms with Crippen molar-refractivity contribution in [3.8, 4) is 0 Å². The predicted molar refractivity (Wildman–Crippen MR) is 85.3 cm³/mol. The van der Waals surface area contributed by atoms with Crippen molar-refractivity contribution in [3.63, 3.8) is 0 Å². The molecule has 1 aromatic carbocycles. The van der Waals surface area contributed by atoms with Gasteiger partial charge in [0.05, 0.1) is 0 Å². The Morgan fingerprint density at radius 3 is 2.62 bits per heavy atom. The van der Waals surface area contributed by atoms with Gasteiger partial charge in [-0.05, 0) is 32.9 Å². The third kappa shape index (κ3) is 3.78. The summed E-state index contributed by atoms with van der Waals surface area (Å²) >= 11 is 0. The van der Waals surface area contributed by atoms with E-state index in [2.05, 4.69) is 34.0 Å². The minimum atomic E-state index is 0.0465. The van der Waals surface area contributed by atoms with E-state index in [-0.39, 0.29) is 5.78 Å². The predicted octanol–water partition coefficient (Wildman–Crippen LogP) is 3.27. The topological polar surface area (TPSA) is 58.1 Å². The number of benzene rings is 1. The Morgan fingerprint density at radius 2 is 1.95 bits per heavy atom. The van der Waals surface area contributed by atoms with E-state index >= 15 is 0 Å². The second kappa shape index (κ2) is 6.83. The number of hydrogen-bond acceptors (Lipinski definition) is 5. The van der Waals surface area contributed by atoms with Crippen LogP contribution in [0.25, 0.3) is 0 Å². The van der Waals surface area contributed by atoms with E-state index in [1.165, 1.54) is 0 Å². The highest BCUT2D eigenvalue weighted by Gasteiger charge is 2.06. The minimum absolute atomic E-state index is 0.0465. The Hall–Kier alpha value is -2.43. The molecule has 110 valence electrons. The molecule has 0 amide bonds. The maximum atomic E-state index is 11.4. The molecule has 0 spiro atoms. The van der Waals surface area contributed by atoms with E-state index in [4.69, 9.17) is 0 Å². The second-order valence-electron chi connectivity index (χ2n) is 4.70. The molecular weight excluding hydrogens is 264 g/mol. The van der Waals surface area contributed by atoms with E-state index in [9.17, 15) is 4.79 Å². The maximum Gasteiger partial charge on any atom is 0.159 e. The molecule has 0 saturated carbocycles. The van der Waals surface area contributed by atoms with Crippen molar-refractivity contribution in [2.45, 2.75) is 20.8 Å². The van der Waals surface area contributed by atoms with Crippen molar-refractivity contribution < 1.29 is 4.79 Å². The molecule has 0 saturated heterocycles. The number of carbonyl (C=O) groups excluding carboxylic acids is 1. The number of aromatic nitrogens is 2. The fourth-order valence-corrected chi connectivity index (χ4v) is 2.10. The van der Waals surface area contributed by atoms with Crippen molar-refractivity contribution >= 4 is 23.1 Å². The van der Waals surface area contributed by atoms with Crippen molar-refractivity contribution in [2.75, 3.05) is 23.3 Å². The maximum absolute atomic E-state index is 11.4. The van der Waals surface area contributed by atoms with Crippen molar-refractivity contribution in [1.82, 2.24) is 9.97 Å². The van der Waals surface area contributed by atoms with Crippen molar-refractivity contribution in [1.29, 1.82) is 0 Å². The Kier molecular flexibility index (Phi) is 4.87. The van der Waals surface area contributed by atoms with Gasteiger partial charge in [-0.1, -0.05) is 12.1 Å². The Morgan fingerprint density at radius 1 is 1.19 bits per heavy atom.